The third kappa shape index (κ3) is 3.48. The minimum absolute atomic E-state index is 0.0225. The molecule has 6 heteroatoms. The molecule has 0 spiro atoms. The van der Waals surface area contributed by atoms with Gasteiger partial charge in [-0.1, -0.05) is 11.6 Å². The van der Waals surface area contributed by atoms with Crippen LogP contribution in [0, 0.1) is 5.41 Å². The number of piperidine rings is 2. The van der Waals surface area contributed by atoms with Crippen LogP contribution >= 0.6 is 0 Å². The molecule has 2 fully saturated rings. The summed E-state index contributed by atoms with van der Waals surface area (Å²) in [5.41, 5.74) is 4.71. The summed E-state index contributed by atoms with van der Waals surface area (Å²) >= 11 is 0. The number of nitrogens with two attached hydrogens (primary N) is 1. The molecule has 21 heavy (non-hydrogen) atoms. The molecule has 0 aromatic carbocycles. The average molecular weight is 296 g/mol. The Kier molecular flexibility index (Phi) is 5.08. The van der Waals surface area contributed by atoms with Gasteiger partial charge in [0.2, 0.25) is 5.91 Å². The van der Waals surface area contributed by atoms with Crippen molar-refractivity contribution < 1.29 is 10.0 Å². The van der Waals surface area contributed by atoms with Crippen LogP contribution < -0.4 is 5.73 Å². The molecule has 120 valence electrons. The first-order valence-electron chi connectivity index (χ1n) is 7.98. The number of carbonyl (C=O) groups is 1. The Hall–Kier alpha value is -1.30. The fraction of sp³-hybridized carbons (Fsp3) is 0.867. The summed E-state index contributed by atoms with van der Waals surface area (Å²) in [6.45, 7) is 7.36. The second-order valence-electron chi connectivity index (χ2n) is 6.73. The van der Waals surface area contributed by atoms with Crippen molar-refractivity contribution >= 4 is 11.7 Å². The van der Waals surface area contributed by atoms with Gasteiger partial charge in [0.15, 0.2) is 5.84 Å². The van der Waals surface area contributed by atoms with Crippen LogP contribution in [0.15, 0.2) is 5.16 Å². The number of carbonyl (C=O) groups excluding carboxylic acids is 1. The molecular weight excluding hydrogens is 268 g/mol. The SMILES string of the molecule is CC(C)(C(=O)N1CCC(N2CCCCC2)CC1)C(N)=NO. The number of hydrogen-bond donors (Lipinski definition) is 2. The molecule has 0 aliphatic carbocycles. The molecule has 2 heterocycles. The van der Waals surface area contributed by atoms with Gasteiger partial charge in [0.1, 0.15) is 5.41 Å². The largest absolute Gasteiger partial charge is 0.409 e. The third-order valence-electron chi connectivity index (χ3n) is 4.94. The minimum Gasteiger partial charge on any atom is -0.409 e. The molecule has 0 aromatic heterocycles. The van der Waals surface area contributed by atoms with Gasteiger partial charge in [-0.15, -0.1) is 0 Å². The van der Waals surface area contributed by atoms with Crippen molar-refractivity contribution in [2.24, 2.45) is 16.3 Å². The van der Waals surface area contributed by atoms with E-state index >= 15 is 0 Å². The molecule has 3 N–H and O–H groups in total. The number of nitrogens with zero attached hydrogens (tertiary/aromatic N) is 3. The smallest absolute Gasteiger partial charge is 0.235 e. The Bertz CT molecular complexity index is 394. The highest BCUT2D eigenvalue weighted by Crippen LogP contribution is 2.25. The van der Waals surface area contributed by atoms with E-state index in [1.54, 1.807) is 13.8 Å². The average Bonchev–Trinajstić information content (AvgIpc) is 2.54. The molecule has 0 radical (unpaired) electrons. The highest BCUT2D eigenvalue weighted by atomic mass is 16.4. The fourth-order valence-electron chi connectivity index (χ4n) is 3.35. The summed E-state index contributed by atoms with van der Waals surface area (Å²) in [5, 5.41) is 11.8. The summed E-state index contributed by atoms with van der Waals surface area (Å²) in [5.74, 6) is -0.0689. The molecular formula is C15H28N4O2. The maximum absolute atomic E-state index is 12.5. The lowest BCUT2D eigenvalue weighted by Crippen LogP contribution is -2.53. The topological polar surface area (TPSA) is 82.2 Å². The quantitative estimate of drug-likeness (QED) is 0.355. The lowest BCUT2D eigenvalue weighted by Gasteiger charge is -2.41. The van der Waals surface area contributed by atoms with Crippen LogP contribution in [-0.2, 0) is 4.79 Å². The number of amidine groups is 1. The number of rotatable bonds is 3. The summed E-state index contributed by atoms with van der Waals surface area (Å²) in [7, 11) is 0. The van der Waals surface area contributed by atoms with Gasteiger partial charge in [-0.25, -0.2) is 0 Å². The molecule has 0 atom stereocenters. The van der Waals surface area contributed by atoms with Crippen molar-refractivity contribution in [3.63, 3.8) is 0 Å². The van der Waals surface area contributed by atoms with Crippen molar-refractivity contribution in [2.75, 3.05) is 26.2 Å². The number of likely N-dealkylation sites (tertiary alicyclic amines) is 2. The Morgan fingerprint density at radius 3 is 2.24 bits per heavy atom. The molecule has 2 saturated heterocycles. The van der Waals surface area contributed by atoms with Gasteiger partial charge in [-0.2, -0.15) is 0 Å². The zero-order valence-corrected chi connectivity index (χ0v) is 13.2. The van der Waals surface area contributed by atoms with E-state index < -0.39 is 5.41 Å². The van der Waals surface area contributed by atoms with Crippen molar-refractivity contribution in [3.05, 3.63) is 0 Å². The molecule has 1 amide bonds. The Morgan fingerprint density at radius 2 is 1.71 bits per heavy atom. The highest BCUT2D eigenvalue weighted by Gasteiger charge is 2.38. The van der Waals surface area contributed by atoms with Crippen LogP contribution in [0.25, 0.3) is 0 Å². The van der Waals surface area contributed by atoms with Gasteiger partial charge in [0.25, 0.3) is 0 Å². The number of oxime groups is 1. The Morgan fingerprint density at radius 1 is 1.14 bits per heavy atom. The molecule has 0 bridgehead atoms. The van der Waals surface area contributed by atoms with E-state index in [4.69, 9.17) is 10.9 Å². The molecule has 2 aliphatic rings. The third-order valence-corrected chi connectivity index (χ3v) is 4.94. The normalized spacial score (nSPS) is 23.3. The molecule has 0 unspecified atom stereocenters. The summed E-state index contributed by atoms with van der Waals surface area (Å²) < 4.78 is 0. The van der Waals surface area contributed by atoms with Gasteiger partial charge in [0.05, 0.1) is 0 Å². The van der Waals surface area contributed by atoms with Gasteiger partial charge in [0, 0.05) is 19.1 Å². The van der Waals surface area contributed by atoms with Crippen LogP contribution in [0.1, 0.15) is 46.0 Å². The minimum atomic E-state index is -0.938. The van der Waals surface area contributed by atoms with E-state index in [0.29, 0.717) is 6.04 Å². The van der Waals surface area contributed by atoms with Gasteiger partial charge < -0.3 is 20.7 Å². The summed E-state index contributed by atoms with van der Waals surface area (Å²) in [4.78, 5) is 17.0. The second-order valence-corrected chi connectivity index (χ2v) is 6.73. The number of hydrogen-bond acceptors (Lipinski definition) is 4. The standard InChI is InChI=1S/C15H28N4O2/c1-15(2,13(16)17-21)14(20)19-10-6-12(7-11-19)18-8-4-3-5-9-18/h12,21H,3-11H2,1-2H3,(H2,16,17). The van der Waals surface area contributed by atoms with Crippen molar-refractivity contribution in [1.29, 1.82) is 0 Å². The Balaban J connectivity index is 1.90. The van der Waals surface area contributed by atoms with E-state index in [2.05, 4.69) is 10.1 Å². The van der Waals surface area contributed by atoms with Crippen molar-refractivity contribution in [2.45, 2.75) is 52.0 Å². The first-order valence-corrected chi connectivity index (χ1v) is 7.98. The predicted octanol–water partition coefficient (Wildman–Crippen LogP) is 1.24. The van der Waals surface area contributed by atoms with Crippen LogP contribution in [-0.4, -0.2) is 59.0 Å². The molecule has 0 saturated carbocycles. The fourth-order valence-corrected chi connectivity index (χ4v) is 3.35. The van der Waals surface area contributed by atoms with E-state index in [1.807, 2.05) is 4.90 Å². The van der Waals surface area contributed by atoms with Crippen LogP contribution in [0.2, 0.25) is 0 Å². The monoisotopic (exact) mass is 296 g/mol. The van der Waals surface area contributed by atoms with E-state index in [9.17, 15) is 4.79 Å². The van der Waals surface area contributed by atoms with Crippen molar-refractivity contribution in [1.82, 2.24) is 9.80 Å². The second kappa shape index (κ2) is 6.64. The predicted molar refractivity (Wildman–Crippen MR) is 82.2 cm³/mol. The van der Waals surface area contributed by atoms with Crippen molar-refractivity contribution in [3.8, 4) is 0 Å². The van der Waals surface area contributed by atoms with Crippen LogP contribution in [0.3, 0.4) is 0 Å². The highest BCUT2D eigenvalue weighted by molar-refractivity contribution is 6.05. The van der Waals surface area contributed by atoms with E-state index in [0.717, 1.165) is 25.9 Å². The zero-order valence-electron chi connectivity index (χ0n) is 13.2. The first-order chi connectivity index (χ1) is 9.96. The summed E-state index contributed by atoms with van der Waals surface area (Å²) in [6.07, 6.45) is 6.00. The summed E-state index contributed by atoms with van der Waals surface area (Å²) in [6, 6.07) is 0.612. The first kappa shape index (κ1) is 16.1. The molecule has 6 nitrogen and oxygen atoms in total. The number of amides is 1. The molecule has 2 rings (SSSR count). The van der Waals surface area contributed by atoms with E-state index in [-0.39, 0.29) is 11.7 Å². The maximum atomic E-state index is 12.5. The zero-order chi connectivity index (χ0) is 15.5. The maximum Gasteiger partial charge on any atom is 0.235 e. The Labute approximate surface area is 127 Å². The van der Waals surface area contributed by atoms with Gasteiger partial charge >= 0.3 is 0 Å². The lowest BCUT2D eigenvalue weighted by molar-refractivity contribution is -0.138. The van der Waals surface area contributed by atoms with Crippen LogP contribution in [0.5, 0.6) is 0 Å². The van der Waals surface area contributed by atoms with Gasteiger partial charge in [-0.05, 0) is 52.6 Å². The van der Waals surface area contributed by atoms with Crippen LogP contribution in [0.4, 0.5) is 0 Å². The molecule has 2 aliphatic heterocycles. The molecule has 0 aromatic rings. The lowest BCUT2D eigenvalue weighted by atomic mass is 9.88. The van der Waals surface area contributed by atoms with Gasteiger partial charge in [-0.3, -0.25) is 4.79 Å². The van der Waals surface area contributed by atoms with E-state index in [1.165, 1.54) is 32.4 Å².